The van der Waals surface area contributed by atoms with Gasteiger partial charge in [0, 0.05) is 18.2 Å². The molecule has 0 saturated carbocycles. The average Bonchev–Trinajstić information content (AvgIpc) is 2.76. The molecule has 2 rings (SSSR count). The molecular formula is C20H24N2O7S. The minimum atomic E-state index is -3.86. The average molecular weight is 436 g/mol. The molecule has 1 amide bonds. The van der Waals surface area contributed by atoms with Crippen molar-refractivity contribution in [1.29, 1.82) is 0 Å². The fraction of sp³-hybridized carbons (Fsp3) is 0.300. The second-order valence-corrected chi connectivity index (χ2v) is 7.96. The van der Waals surface area contributed by atoms with Crippen LogP contribution < -0.4 is 19.5 Å². The molecule has 0 saturated heterocycles. The zero-order valence-corrected chi connectivity index (χ0v) is 17.7. The van der Waals surface area contributed by atoms with Gasteiger partial charge in [-0.3, -0.25) is 9.59 Å². The molecule has 0 aliphatic heterocycles. The second kappa shape index (κ2) is 10.6. The number of sulfonamides is 1. The molecule has 2 aromatic rings. The Labute approximate surface area is 175 Å². The van der Waals surface area contributed by atoms with Crippen molar-refractivity contribution in [2.24, 2.45) is 0 Å². The molecule has 10 heteroatoms. The fourth-order valence-electron chi connectivity index (χ4n) is 2.52. The van der Waals surface area contributed by atoms with Crippen LogP contribution in [0.4, 0.5) is 5.69 Å². The number of esters is 1. The van der Waals surface area contributed by atoms with Gasteiger partial charge >= 0.3 is 5.97 Å². The largest absolute Gasteiger partial charge is 0.497 e. The van der Waals surface area contributed by atoms with E-state index in [2.05, 4.69) is 14.8 Å². The number of amides is 1. The van der Waals surface area contributed by atoms with Gasteiger partial charge in [0.25, 0.3) is 0 Å². The maximum absolute atomic E-state index is 12.2. The van der Waals surface area contributed by atoms with Crippen LogP contribution in [-0.2, 0) is 30.8 Å². The minimum absolute atomic E-state index is 0.0344. The van der Waals surface area contributed by atoms with Crippen LogP contribution in [0.5, 0.6) is 11.5 Å². The number of ether oxygens (including phenoxy) is 3. The lowest BCUT2D eigenvalue weighted by Gasteiger charge is -2.10. The monoisotopic (exact) mass is 436 g/mol. The Morgan fingerprint density at radius 1 is 0.933 bits per heavy atom. The van der Waals surface area contributed by atoms with E-state index in [1.807, 2.05) is 12.1 Å². The predicted octanol–water partition coefficient (Wildman–Crippen LogP) is 1.73. The molecule has 0 bridgehead atoms. The quantitative estimate of drug-likeness (QED) is 0.544. The number of anilines is 1. The van der Waals surface area contributed by atoms with Gasteiger partial charge in [0.1, 0.15) is 18.0 Å². The lowest BCUT2D eigenvalue weighted by Crippen LogP contribution is -2.30. The van der Waals surface area contributed by atoms with Gasteiger partial charge in [-0.25, -0.2) is 8.42 Å². The van der Waals surface area contributed by atoms with Gasteiger partial charge in [-0.15, -0.1) is 0 Å². The highest BCUT2D eigenvalue weighted by Crippen LogP contribution is 2.23. The van der Waals surface area contributed by atoms with Gasteiger partial charge < -0.3 is 19.5 Å². The van der Waals surface area contributed by atoms with Crippen molar-refractivity contribution in [3.63, 3.8) is 0 Å². The Balaban J connectivity index is 1.94. The number of methoxy groups -OCH3 is 3. The molecule has 0 atom stereocenters. The van der Waals surface area contributed by atoms with Gasteiger partial charge in [-0.05, 0) is 48.4 Å². The lowest BCUT2D eigenvalue weighted by atomic mass is 10.1. The summed E-state index contributed by atoms with van der Waals surface area (Å²) in [7, 11) is 0.419. The smallest absolute Gasteiger partial charge is 0.320 e. The summed E-state index contributed by atoms with van der Waals surface area (Å²) in [6.07, 6.45) is 0.695. The molecule has 0 fully saturated rings. The Morgan fingerprint density at radius 3 is 2.07 bits per heavy atom. The van der Waals surface area contributed by atoms with Gasteiger partial charge in [-0.1, -0.05) is 0 Å². The third kappa shape index (κ3) is 6.75. The Hall–Kier alpha value is -3.11. The first-order valence-corrected chi connectivity index (χ1v) is 10.4. The van der Waals surface area contributed by atoms with Gasteiger partial charge in [0.05, 0.1) is 26.2 Å². The highest BCUT2D eigenvalue weighted by atomic mass is 32.2. The van der Waals surface area contributed by atoms with Crippen LogP contribution in [0.25, 0.3) is 0 Å². The zero-order chi connectivity index (χ0) is 22.1. The summed E-state index contributed by atoms with van der Waals surface area (Å²) < 4.78 is 41.2. The summed E-state index contributed by atoms with van der Waals surface area (Å²) in [6.45, 7) is -0.466. The van der Waals surface area contributed by atoms with E-state index in [9.17, 15) is 18.0 Å². The molecule has 0 heterocycles. The van der Waals surface area contributed by atoms with Gasteiger partial charge in [0.2, 0.25) is 15.9 Å². The maximum Gasteiger partial charge on any atom is 0.320 e. The lowest BCUT2D eigenvalue weighted by molar-refractivity contribution is -0.139. The Kier molecular flexibility index (Phi) is 8.19. The van der Waals surface area contributed by atoms with Gasteiger partial charge in [-0.2, -0.15) is 4.72 Å². The highest BCUT2D eigenvalue weighted by Gasteiger charge is 2.16. The topological polar surface area (TPSA) is 120 Å². The van der Waals surface area contributed by atoms with Crippen LogP contribution in [0.2, 0.25) is 0 Å². The maximum atomic E-state index is 12.2. The minimum Gasteiger partial charge on any atom is -0.497 e. The molecule has 2 aromatic carbocycles. The van der Waals surface area contributed by atoms with Crippen molar-refractivity contribution in [2.75, 3.05) is 33.2 Å². The summed E-state index contributed by atoms with van der Waals surface area (Å²) >= 11 is 0. The fourth-order valence-corrected chi connectivity index (χ4v) is 3.49. The van der Waals surface area contributed by atoms with Crippen molar-refractivity contribution in [3.8, 4) is 11.5 Å². The van der Waals surface area contributed by atoms with Gasteiger partial charge in [0.15, 0.2) is 0 Å². The number of hydrogen-bond donors (Lipinski definition) is 2. The molecule has 0 aliphatic carbocycles. The zero-order valence-electron chi connectivity index (χ0n) is 16.9. The molecule has 162 valence electrons. The Morgan fingerprint density at radius 2 is 1.53 bits per heavy atom. The summed E-state index contributed by atoms with van der Waals surface area (Å²) in [6, 6.07) is 11.0. The highest BCUT2D eigenvalue weighted by molar-refractivity contribution is 7.89. The van der Waals surface area contributed by atoms with E-state index in [0.717, 1.165) is 5.56 Å². The first-order valence-electron chi connectivity index (χ1n) is 8.95. The van der Waals surface area contributed by atoms with Crippen LogP contribution >= 0.6 is 0 Å². The van der Waals surface area contributed by atoms with Crippen molar-refractivity contribution in [3.05, 3.63) is 48.0 Å². The number of hydrogen-bond acceptors (Lipinski definition) is 7. The molecule has 0 unspecified atom stereocenters. The molecule has 30 heavy (non-hydrogen) atoms. The summed E-state index contributed by atoms with van der Waals surface area (Å²) in [5.41, 5.74) is 1.34. The molecule has 0 aliphatic rings. The van der Waals surface area contributed by atoms with Crippen molar-refractivity contribution >= 4 is 27.6 Å². The Bertz CT molecular complexity index is 966. The van der Waals surface area contributed by atoms with Crippen LogP contribution in [0.15, 0.2) is 47.4 Å². The third-order valence-electron chi connectivity index (χ3n) is 4.13. The SMILES string of the molecule is COC(=O)CNS(=O)(=O)c1ccc(NC(=O)CCc2cc(OC)cc(OC)c2)cc1. The van der Waals surface area contributed by atoms with E-state index in [4.69, 9.17) is 9.47 Å². The van der Waals surface area contributed by atoms with E-state index < -0.39 is 22.5 Å². The van der Waals surface area contributed by atoms with Crippen LogP contribution in [-0.4, -0.2) is 48.2 Å². The second-order valence-electron chi connectivity index (χ2n) is 6.19. The van der Waals surface area contributed by atoms with E-state index in [-0.39, 0.29) is 17.2 Å². The van der Waals surface area contributed by atoms with E-state index in [1.54, 1.807) is 20.3 Å². The summed E-state index contributed by atoms with van der Waals surface area (Å²) in [5.74, 6) is 0.358. The van der Waals surface area contributed by atoms with Crippen molar-refractivity contribution in [2.45, 2.75) is 17.7 Å². The number of carbonyl (C=O) groups excluding carboxylic acids is 2. The van der Waals surface area contributed by atoms with Crippen LogP contribution in [0.1, 0.15) is 12.0 Å². The molecule has 0 aromatic heterocycles. The molecule has 0 spiro atoms. The van der Waals surface area contributed by atoms with E-state index >= 15 is 0 Å². The first-order chi connectivity index (χ1) is 14.3. The number of benzene rings is 2. The summed E-state index contributed by atoms with van der Waals surface area (Å²) in [4.78, 5) is 23.3. The van der Waals surface area contributed by atoms with Crippen LogP contribution in [0.3, 0.4) is 0 Å². The normalized spacial score (nSPS) is 10.9. The van der Waals surface area contributed by atoms with Crippen molar-refractivity contribution < 1.29 is 32.2 Å². The first kappa shape index (κ1) is 23.2. The number of aryl methyl sites for hydroxylation is 1. The standard InChI is InChI=1S/C20H24N2O7S/c1-27-16-10-14(11-17(12-16)28-2)4-9-19(23)22-15-5-7-18(8-6-15)30(25,26)21-13-20(24)29-3/h5-8,10-12,21H,4,9,13H2,1-3H3,(H,22,23). The number of nitrogens with one attached hydrogen (secondary N) is 2. The summed E-state index contributed by atoms with van der Waals surface area (Å²) in [5, 5.41) is 2.72. The van der Waals surface area contributed by atoms with E-state index in [1.165, 1.54) is 31.4 Å². The number of rotatable bonds is 10. The van der Waals surface area contributed by atoms with Crippen LogP contribution in [0, 0.1) is 0 Å². The predicted molar refractivity (Wildman–Crippen MR) is 110 cm³/mol. The molecular weight excluding hydrogens is 412 g/mol. The molecule has 9 nitrogen and oxygen atoms in total. The third-order valence-corrected chi connectivity index (χ3v) is 5.55. The molecule has 0 radical (unpaired) electrons. The molecule has 2 N–H and O–H groups in total. The number of carbonyl (C=O) groups is 2. The van der Waals surface area contributed by atoms with E-state index in [0.29, 0.717) is 23.6 Å². The van der Waals surface area contributed by atoms with Crippen molar-refractivity contribution in [1.82, 2.24) is 4.72 Å².